The fourth-order valence-electron chi connectivity index (χ4n) is 1.94. The van der Waals surface area contributed by atoms with Gasteiger partial charge in [-0.3, -0.25) is 0 Å². The van der Waals surface area contributed by atoms with Gasteiger partial charge in [0.15, 0.2) is 0 Å². The fraction of sp³-hybridized carbons (Fsp3) is 0.800. The molecule has 1 aliphatic carbocycles. The molecule has 0 aliphatic heterocycles. The van der Waals surface area contributed by atoms with Crippen LogP contribution in [0.5, 0.6) is 0 Å². The molecule has 2 heteroatoms. The Bertz CT molecular complexity index is 180. The normalized spacial score (nSPS) is 26.4. The lowest BCUT2D eigenvalue weighted by molar-refractivity contribution is 0.457. The quantitative estimate of drug-likeness (QED) is 0.717. The maximum absolute atomic E-state index is 5.43. The molecule has 0 spiro atoms. The lowest BCUT2D eigenvalue weighted by Gasteiger charge is -2.03. The van der Waals surface area contributed by atoms with Gasteiger partial charge in [-0.25, -0.2) is 0 Å². The van der Waals surface area contributed by atoms with Crippen molar-refractivity contribution in [3.63, 3.8) is 0 Å². The second kappa shape index (κ2) is 3.04. The summed E-state index contributed by atoms with van der Waals surface area (Å²) in [4.78, 5) is 0. The maximum Gasteiger partial charge on any atom is 0.0184 e. The largest absolute Gasteiger partial charge is 0.309 e. The summed E-state index contributed by atoms with van der Waals surface area (Å²) in [5.74, 6) is 0. The third-order valence-electron chi connectivity index (χ3n) is 3.55. The molecule has 0 heterocycles. The van der Waals surface area contributed by atoms with Crippen LogP contribution in [0, 0.1) is 10.8 Å². The van der Waals surface area contributed by atoms with Gasteiger partial charge in [-0.15, -0.1) is 0 Å². The van der Waals surface area contributed by atoms with E-state index >= 15 is 0 Å². The third-order valence-corrected chi connectivity index (χ3v) is 3.73. The van der Waals surface area contributed by atoms with Gasteiger partial charge in [-0.2, -0.15) is 0 Å². The van der Waals surface area contributed by atoms with Crippen molar-refractivity contribution in [3.05, 3.63) is 11.6 Å². The summed E-state index contributed by atoms with van der Waals surface area (Å²) in [6, 6.07) is 0.623. The van der Waals surface area contributed by atoms with E-state index in [4.69, 9.17) is 11.6 Å². The molecule has 0 aromatic heterocycles. The summed E-state index contributed by atoms with van der Waals surface area (Å²) in [7, 11) is 0. The first-order chi connectivity index (χ1) is 5.44. The first kappa shape index (κ1) is 10.1. The minimum absolute atomic E-state index is 0.424. The molecular formula is C10H18ClN. The Morgan fingerprint density at radius 3 is 2.08 bits per heavy atom. The van der Waals surface area contributed by atoms with E-state index in [9.17, 15) is 0 Å². The van der Waals surface area contributed by atoms with Gasteiger partial charge in [0.2, 0.25) is 0 Å². The lowest BCUT2D eigenvalue weighted by Crippen LogP contribution is -2.21. The number of nitrogens with one attached hydrogen (secondary N) is 1. The number of hydrogen-bond acceptors (Lipinski definition) is 1. The van der Waals surface area contributed by atoms with Crippen LogP contribution in [0.25, 0.3) is 0 Å². The number of halogens is 1. The molecule has 1 fully saturated rings. The van der Waals surface area contributed by atoms with Crippen molar-refractivity contribution in [2.24, 2.45) is 10.8 Å². The van der Waals surface area contributed by atoms with E-state index < -0.39 is 0 Å². The summed E-state index contributed by atoms with van der Waals surface area (Å²) in [5, 5.41) is 3.47. The third kappa shape index (κ3) is 1.40. The van der Waals surface area contributed by atoms with Crippen LogP contribution in [0.2, 0.25) is 0 Å². The minimum atomic E-state index is 0.424. The Morgan fingerprint density at radius 2 is 1.75 bits per heavy atom. The highest BCUT2D eigenvalue weighted by atomic mass is 35.5. The molecule has 0 aromatic rings. The second-order valence-corrected chi connectivity index (χ2v) is 4.90. The molecule has 0 bridgehead atoms. The van der Waals surface area contributed by atoms with E-state index in [2.05, 4.69) is 33.0 Å². The number of hydrogen-bond donors (Lipinski definition) is 1. The Kier molecular flexibility index (Phi) is 2.55. The minimum Gasteiger partial charge on any atom is -0.309 e. The van der Waals surface area contributed by atoms with Crippen LogP contribution in [0.15, 0.2) is 11.6 Å². The van der Waals surface area contributed by atoms with Crippen molar-refractivity contribution >= 4 is 11.6 Å². The molecule has 1 saturated carbocycles. The predicted octanol–water partition coefficient (Wildman–Crippen LogP) is 2.76. The molecule has 70 valence electrons. The van der Waals surface area contributed by atoms with Crippen LogP contribution in [0.4, 0.5) is 0 Å². The first-order valence-electron chi connectivity index (χ1n) is 4.43. The Morgan fingerprint density at radius 1 is 1.25 bits per heavy atom. The molecule has 1 aliphatic rings. The average molecular weight is 188 g/mol. The Balaban J connectivity index is 2.38. The van der Waals surface area contributed by atoms with Crippen LogP contribution >= 0.6 is 11.6 Å². The van der Waals surface area contributed by atoms with Crippen LogP contribution in [-0.4, -0.2) is 12.6 Å². The highest BCUT2D eigenvalue weighted by Crippen LogP contribution is 2.62. The van der Waals surface area contributed by atoms with Gasteiger partial charge in [0.25, 0.3) is 0 Å². The first-order valence-corrected chi connectivity index (χ1v) is 4.87. The molecule has 1 nitrogen and oxygen atoms in total. The molecule has 0 amide bonds. The monoisotopic (exact) mass is 187 g/mol. The van der Waals surface area contributed by atoms with Crippen LogP contribution in [-0.2, 0) is 0 Å². The highest BCUT2D eigenvalue weighted by Gasteiger charge is 2.64. The van der Waals surface area contributed by atoms with E-state index in [1.54, 1.807) is 5.54 Å². The van der Waals surface area contributed by atoms with E-state index in [-0.39, 0.29) is 0 Å². The smallest absolute Gasteiger partial charge is 0.0184 e. The van der Waals surface area contributed by atoms with Crippen molar-refractivity contribution in [3.8, 4) is 0 Å². The van der Waals surface area contributed by atoms with E-state index in [0.29, 0.717) is 16.9 Å². The standard InChI is InChI=1S/C10H18ClN/c1-9(2)8(10(9,3)4)12-7-5-6-11/h5-6,8,12H,7H2,1-4H3/b6-5+. The molecule has 0 atom stereocenters. The van der Waals surface area contributed by atoms with Gasteiger partial charge >= 0.3 is 0 Å². The molecule has 1 N–H and O–H groups in total. The van der Waals surface area contributed by atoms with Crippen molar-refractivity contribution in [1.29, 1.82) is 0 Å². The zero-order valence-corrected chi connectivity index (χ0v) is 9.07. The van der Waals surface area contributed by atoms with Gasteiger partial charge in [-0.05, 0) is 10.8 Å². The van der Waals surface area contributed by atoms with Crippen molar-refractivity contribution in [2.75, 3.05) is 6.54 Å². The summed E-state index contributed by atoms with van der Waals surface area (Å²) in [6.45, 7) is 10.1. The van der Waals surface area contributed by atoms with Gasteiger partial charge in [0.1, 0.15) is 0 Å². The summed E-state index contributed by atoms with van der Waals surface area (Å²) < 4.78 is 0. The van der Waals surface area contributed by atoms with Gasteiger partial charge in [0.05, 0.1) is 0 Å². The van der Waals surface area contributed by atoms with Crippen molar-refractivity contribution in [1.82, 2.24) is 5.32 Å². The predicted molar refractivity (Wildman–Crippen MR) is 54.3 cm³/mol. The summed E-state index contributed by atoms with van der Waals surface area (Å²) in [5.41, 5.74) is 2.41. The number of rotatable bonds is 3. The van der Waals surface area contributed by atoms with Crippen molar-refractivity contribution < 1.29 is 0 Å². The zero-order chi connectivity index (χ0) is 9.41. The molecule has 0 radical (unpaired) electrons. The second-order valence-electron chi connectivity index (χ2n) is 4.65. The van der Waals surface area contributed by atoms with Crippen molar-refractivity contribution in [2.45, 2.75) is 33.7 Å². The summed E-state index contributed by atoms with van der Waals surface area (Å²) in [6.07, 6.45) is 1.94. The average Bonchev–Trinajstić information content (AvgIpc) is 2.32. The summed E-state index contributed by atoms with van der Waals surface area (Å²) >= 11 is 5.43. The van der Waals surface area contributed by atoms with Gasteiger partial charge in [0, 0.05) is 18.1 Å². The SMILES string of the molecule is CC1(C)C(NC/C=C/Cl)C1(C)C. The zero-order valence-electron chi connectivity index (χ0n) is 8.32. The fourth-order valence-corrected chi connectivity index (χ4v) is 2.03. The van der Waals surface area contributed by atoms with Crippen LogP contribution in [0.1, 0.15) is 27.7 Å². The highest BCUT2D eigenvalue weighted by molar-refractivity contribution is 6.25. The Labute approximate surface area is 80.2 Å². The van der Waals surface area contributed by atoms with Crippen LogP contribution in [0.3, 0.4) is 0 Å². The molecule has 1 rings (SSSR count). The van der Waals surface area contributed by atoms with Gasteiger partial charge in [-0.1, -0.05) is 45.4 Å². The molecular weight excluding hydrogens is 170 g/mol. The maximum atomic E-state index is 5.43. The molecule has 0 aromatic carbocycles. The van der Waals surface area contributed by atoms with Gasteiger partial charge < -0.3 is 5.32 Å². The lowest BCUT2D eigenvalue weighted by atomic mass is 10.0. The van der Waals surface area contributed by atoms with E-state index in [0.717, 1.165) is 6.54 Å². The molecule has 12 heavy (non-hydrogen) atoms. The van der Waals surface area contributed by atoms with Crippen LogP contribution < -0.4 is 5.32 Å². The van der Waals surface area contributed by atoms with E-state index in [1.807, 2.05) is 6.08 Å². The van der Waals surface area contributed by atoms with E-state index in [1.165, 1.54) is 0 Å². The topological polar surface area (TPSA) is 12.0 Å². The molecule has 0 unspecified atom stereocenters. The Hall–Kier alpha value is -0.0100. The molecule has 0 saturated heterocycles.